The maximum Gasteiger partial charge on any atom is 0.573 e. The van der Waals surface area contributed by atoms with Crippen molar-refractivity contribution in [1.29, 1.82) is 0 Å². The number of amides is 2. The molecule has 0 saturated carbocycles. The summed E-state index contributed by atoms with van der Waals surface area (Å²) in [4.78, 5) is 28.0. The van der Waals surface area contributed by atoms with Gasteiger partial charge in [-0.3, -0.25) is 14.6 Å². The minimum absolute atomic E-state index is 0.0397. The van der Waals surface area contributed by atoms with Gasteiger partial charge in [0.05, 0.1) is 11.4 Å². The molecule has 2 aliphatic rings. The minimum Gasteiger partial charge on any atom is -0.406 e. The van der Waals surface area contributed by atoms with Gasteiger partial charge in [-0.05, 0) is 61.2 Å². The predicted octanol–water partition coefficient (Wildman–Crippen LogP) is 1.37. The highest BCUT2D eigenvalue weighted by molar-refractivity contribution is 7.92. The summed E-state index contributed by atoms with van der Waals surface area (Å²) >= 11 is 0. The molecule has 0 radical (unpaired) electrons. The molecule has 2 amide bonds. The number of nitrogens with zero attached hydrogens (tertiary/aromatic N) is 2. The Labute approximate surface area is 239 Å². The van der Waals surface area contributed by atoms with E-state index in [9.17, 15) is 39.6 Å². The van der Waals surface area contributed by atoms with Gasteiger partial charge in [0.25, 0.3) is 5.91 Å². The number of halogens is 3. The van der Waals surface area contributed by atoms with E-state index >= 15 is 0 Å². The summed E-state index contributed by atoms with van der Waals surface area (Å²) in [6, 6.07) is 8.99. The third kappa shape index (κ3) is 7.15. The number of benzene rings is 2. The van der Waals surface area contributed by atoms with E-state index in [0.717, 1.165) is 17.5 Å². The second-order valence-corrected chi connectivity index (χ2v) is 13.2. The van der Waals surface area contributed by atoms with Crippen molar-refractivity contribution in [2.24, 2.45) is 10.7 Å². The predicted molar refractivity (Wildman–Crippen MR) is 145 cm³/mol. The van der Waals surface area contributed by atoms with Crippen LogP contribution in [0.2, 0.25) is 0 Å². The molecule has 4 N–H and O–H groups in total. The van der Waals surface area contributed by atoms with Crippen LogP contribution in [0.3, 0.4) is 0 Å². The zero-order chi connectivity index (χ0) is 30.9. The largest absolute Gasteiger partial charge is 0.573 e. The van der Waals surface area contributed by atoms with Crippen molar-refractivity contribution in [3.8, 4) is 5.75 Å². The van der Waals surface area contributed by atoms with Crippen molar-refractivity contribution in [3.05, 3.63) is 64.6 Å². The van der Waals surface area contributed by atoms with Gasteiger partial charge >= 0.3 is 6.36 Å². The van der Waals surface area contributed by atoms with E-state index in [0.29, 0.717) is 11.1 Å². The molecule has 0 unspecified atom stereocenters. The molecule has 2 heterocycles. The number of ether oxygens (including phenoxy) is 1. The molecular formula is C25H26F3N5O7S2. The lowest BCUT2D eigenvalue weighted by atomic mass is 9.89. The Kier molecular flexibility index (Phi) is 8.50. The molecule has 17 heteroatoms. The fourth-order valence-corrected chi connectivity index (χ4v) is 6.70. The summed E-state index contributed by atoms with van der Waals surface area (Å²) in [7, 11) is -7.94. The van der Waals surface area contributed by atoms with Gasteiger partial charge in [-0.25, -0.2) is 21.6 Å². The lowest BCUT2D eigenvalue weighted by molar-refractivity contribution is -0.274. The zero-order valence-corrected chi connectivity index (χ0v) is 23.6. The number of aryl methyl sites for hydroxylation is 1. The number of hydrogen-bond donors (Lipinski definition) is 3. The van der Waals surface area contributed by atoms with Gasteiger partial charge < -0.3 is 15.8 Å². The number of amidine groups is 1. The minimum atomic E-state index is -4.89. The molecular weight excluding hydrogens is 603 g/mol. The monoisotopic (exact) mass is 629 g/mol. The molecule has 0 aliphatic carbocycles. The van der Waals surface area contributed by atoms with Gasteiger partial charge in [0, 0.05) is 24.1 Å². The molecule has 2 aromatic rings. The second-order valence-electron chi connectivity index (χ2n) is 9.58. The molecule has 0 atom stereocenters. The van der Waals surface area contributed by atoms with Crippen LogP contribution in [0.25, 0.3) is 6.08 Å². The number of carbonyl (C=O) groups excluding carboxylic acids is 2. The van der Waals surface area contributed by atoms with Gasteiger partial charge in [0.2, 0.25) is 26.0 Å². The molecule has 42 heavy (non-hydrogen) atoms. The molecule has 0 bridgehead atoms. The number of nitrogens with one attached hydrogen (secondary N) is 2. The van der Waals surface area contributed by atoms with Crippen LogP contribution in [-0.4, -0.2) is 70.3 Å². The number of hydrogen-bond acceptors (Lipinski definition) is 8. The van der Waals surface area contributed by atoms with Crippen molar-refractivity contribution >= 4 is 43.8 Å². The lowest BCUT2D eigenvalue weighted by Gasteiger charge is -2.34. The summed E-state index contributed by atoms with van der Waals surface area (Å²) < 4.78 is 95.6. The van der Waals surface area contributed by atoms with E-state index in [1.165, 1.54) is 40.7 Å². The van der Waals surface area contributed by atoms with E-state index in [1.807, 2.05) is 0 Å². The Hall–Kier alpha value is -3.80. The van der Waals surface area contributed by atoms with Crippen LogP contribution in [0, 0.1) is 6.92 Å². The number of rotatable bonds is 9. The normalized spacial score (nSPS) is 17.8. The number of piperidine rings is 1. The van der Waals surface area contributed by atoms with E-state index in [-0.39, 0.29) is 42.2 Å². The van der Waals surface area contributed by atoms with Crippen LogP contribution in [-0.2, 0) is 29.6 Å². The van der Waals surface area contributed by atoms with Crippen LogP contribution in [0.15, 0.2) is 57.8 Å². The standard InChI is InChI=1S/C25H26F3N5O7S2/c1-16-13-20(42(38,39)30-15-21(29)34)6-5-17(16)7-12-41(36,37)33-10-8-24(9-11-33)23(35)31-22(32-24)18-3-2-4-19(14-18)40-25(26,27)28/h2-7,12-14,30H,8-11,15H2,1H3,(H2,29,34)(H,31,32,35)/b12-7+. The fraction of sp³-hybridized carbons (Fsp3) is 0.320. The Morgan fingerprint density at radius 1 is 1.17 bits per heavy atom. The Morgan fingerprint density at radius 2 is 1.86 bits per heavy atom. The van der Waals surface area contributed by atoms with Crippen molar-refractivity contribution in [2.75, 3.05) is 19.6 Å². The van der Waals surface area contributed by atoms with E-state index < -0.39 is 56.1 Å². The van der Waals surface area contributed by atoms with E-state index in [2.05, 4.69) is 19.8 Å². The molecule has 12 nitrogen and oxygen atoms in total. The first-order valence-corrected chi connectivity index (χ1v) is 15.3. The van der Waals surface area contributed by atoms with E-state index in [4.69, 9.17) is 5.73 Å². The summed E-state index contributed by atoms with van der Waals surface area (Å²) in [5.41, 5.74) is 4.79. The molecule has 1 saturated heterocycles. The molecule has 2 aromatic carbocycles. The SMILES string of the molecule is Cc1cc(S(=O)(=O)NCC(N)=O)ccc1/C=C/S(=O)(=O)N1CCC2(CC1)N=C(c1cccc(OC(F)(F)F)c1)NC2=O. The third-order valence-electron chi connectivity index (χ3n) is 6.64. The molecule has 226 valence electrons. The lowest BCUT2D eigenvalue weighted by Crippen LogP contribution is -2.50. The van der Waals surface area contributed by atoms with Crippen LogP contribution in [0.5, 0.6) is 5.75 Å². The molecule has 0 aromatic heterocycles. The summed E-state index contributed by atoms with van der Waals surface area (Å²) in [5, 5.41) is 3.55. The number of aliphatic imine (C=N–C) groups is 1. The summed E-state index contributed by atoms with van der Waals surface area (Å²) in [6.07, 6.45) is -3.49. The highest BCUT2D eigenvalue weighted by Crippen LogP contribution is 2.33. The van der Waals surface area contributed by atoms with Crippen molar-refractivity contribution in [3.63, 3.8) is 0 Å². The number of sulfonamides is 2. The first kappa shape index (κ1) is 31.1. The average Bonchev–Trinajstić information content (AvgIpc) is 3.21. The van der Waals surface area contributed by atoms with Crippen LogP contribution >= 0.6 is 0 Å². The Bertz CT molecular complexity index is 1680. The summed E-state index contributed by atoms with van der Waals surface area (Å²) in [5.74, 6) is -1.75. The fourth-order valence-electron chi connectivity index (χ4n) is 4.44. The van der Waals surface area contributed by atoms with Gasteiger partial charge in [-0.15, -0.1) is 13.2 Å². The van der Waals surface area contributed by atoms with Crippen molar-refractivity contribution in [1.82, 2.24) is 14.3 Å². The number of nitrogens with two attached hydrogens (primary N) is 1. The first-order chi connectivity index (χ1) is 19.5. The van der Waals surface area contributed by atoms with Crippen LogP contribution in [0.1, 0.15) is 29.5 Å². The van der Waals surface area contributed by atoms with Gasteiger partial charge in [-0.1, -0.05) is 18.2 Å². The zero-order valence-electron chi connectivity index (χ0n) is 22.0. The summed E-state index contributed by atoms with van der Waals surface area (Å²) in [6.45, 7) is 0.922. The van der Waals surface area contributed by atoms with Gasteiger partial charge in [0.15, 0.2) is 0 Å². The van der Waals surface area contributed by atoms with Crippen LogP contribution < -0.4 is 20.5 Å². The van der Waals surface area contributed by atoms with Crippen molar-refractivity contribution < 1.29 is 44.3 Å². The van der Waals surface area contributed by atoms with Gasteiger partial charge in [-0.2, -0.15) is 4.31 Å². The number of alkyl halides is 3. The molecule has 1 spiro atoms. The quantitative estimate of drug-likeness (QED) is 0.375. The highest BCUT2D eigenvalue weighted by Gasteiger charge is 2.47. The smallest absolute Gasteiger partial charge is 0.406 e. The number of primary amides is 1. The Balaban J connectivity index is 1.44. The maximum atomic E-state index is 13.0. The van der Waals surface area contributed by atoms with E-state index in [1.54, 1.807) is 6.92 Å². The maximum absolute atomic E-state index is 13.0. The topological polar surface area (TPSA) is 177 Å². The third-order valence-corrected chi connectivity index (χ3v) is 9.60. The number of carbonyl (C=O) groups is 2. The molecule has 1 fully saturated rings. The van der Waals surface area contributed by atoms with Crippen LogP contribution in [0.4, 0.5) is 13.2 Å². The van der Waals surface area contributed by atoms with Crippen molar-refractivity contribution in [2.45, 2.75) is 36.6 Å². The van der Waals surface area contributed by atoms with Gasteiger partial charge in [0.1, 0.15) is 17.1 Å². The molecule has 4 rings (SSSR count). The second kappa shape index (κ2) is 11.5. The Morgan fingerprint density at radius 3 is 2.48 bits per heavy atom. The highest BCUT2D eigenvalue weighted by atomic mass is 32.2. The average molecular weight is 630 g/mol. The first-order valence-electron chi connectivity index (χ1n) is 12.3. The molecule has 2 aliphatic heterocycles.